The Labute approximate surface area is 134 Å². The second kappa shape index (κ2) is 7.93. The fourth-order valence-corrected chi connectivity index (χ4v) is 2.23. The Morgan fingerprint density at radius 3 is 2.39 bits per heavy atom. The van der Waals surface area contributed by atoms with E-state index in [0.29, 0.717) is 12.1 Å². The Morgan fingerprint density at radius 2 is 1.74 bits per heavy atom. The van der Waals surface area contributed by atoms with Crippen molar-refractivity contribution in [1.82, 2.24) is 4.90 Å². The summed E-state index contributed by atoms with van der Waals surface area (Å²) in [6.07, 6.45) is -0.491. The van der Waals surface area contributed by atoms with E-state index in [2.05, 4.69) is 0 Å². The normalized spacial score (nSPS) is 10.1. The van der Waals surface area contributed by atoms with Gasteiger partial charge >= 0.3 is 6.09 Å². The maximum Gasteiger partial charge on any atom is 0.410 e. The van der Waals surface area contributed by atoms with E-state index < -0.39 is 11.0 Å². The van der Waals surface area contributed by atoms with Crippen LogP contribution in [0.15, 0.2) is 54.6 Å². The topological polar surface area (TPSA) is 72.7 Å². The summed E-state index contributed by atoms with van der Waals surface area (Å²) in [5, 5.41) is 11.1. The summed E-state index contributed by atoms with van der Waals surface area (Å²) in [7, 11) is 0. The molecule has 0 aliphatic heterocycles. The molecule has 2 rings (SSSR count). The van der Waals surface area contributed by atoms with Crippen molar-refractivity contribution >= 4 is 11.8 Å². The summed E-state index contributed by atoms with van der Waals surface area (Å²) in [5.74, 6) is 0. The van der Waals surface area contributed by atoms with E-state index in [1.165, 1.54) is 11.0 Å². The fourth-order valence-electron chi connectivity index (χ4n) is 2.23. The monoisotopic (exact) mass is 314 g/mol. The molecule has 2 aromatic rings. The van der Waals surface area contributed by atoms with Gasteiger partial charge in [-0.1, -0.05) is 48.5 Å². The first-order valence-corrected chi connectivity index (χ1v) is 7.29. The summed E-state index contributed by atoms with van der Waals surface area (Å²) in [4.78, 5) is 24.3. The smallest absolute Gasteiger partial charge is 0.410 e. The molecule has 0 aliphatic rings. The van der Waals surface area contributed by atoms with Crippen LogP contribution in [0.3, 0.4) is 0 Å². The molecule has 0 aromatic heterocycles. The van der Waals surface area contributed by atoms with Crippen molar-refractivity contribution in [3.63, 3.8) is 0 Å². The van der Waals surface area contributed by atoms with Gasteiger partial charge in [0.15, 0.2) is 0 Å². The van der Waals surface area contributed by atoms with Crippen LogP contribution in [0.4, 0.5) is 10.5 Å². The molecule has 0 radical (unpaired) electrons. The van der Waals surface area contributed by atoms with Crippen LogP contribution < -0.4 is 0 Å². The first-order chi connectivity index (χ1) is 11.1. The molecule has 0 bridgehead atoms. The predicted molar refractivity (Wildman–Crippen MR) is 85.8 cm³/mol. The fraction of sp³-hybridized carbons (Fsp3) is 0.235. The van der Waals surface area contributed by atoms with Crippen LogP contribution in [0.5, 0.6) is 0 Å². The van der Waals surface area contributed by atoms with E-state index in [0.717, 1.165) is 5.56 Å². The number of nitro benzene ring substituents is 1. The minimum Gasteiger partial charge on any atom is -0.450 e. The van der Waals surface area contributed by atoms with Crippen molar-refractivity contribution in [3.05, 3.63) is 75.8 Å². The van der Waals surface area contributed by atoms with Gasteiger partial charge in [-0.2, -0.15) is 0 Å². The number of amides is 1. The number of carbonyl (C=O) groups is 1. The summed E-state index contributed by atoms with van der Waals surface area (Å²) >= 11 is 0. The van der Waals surface area contributed by atoms with E-state index in [4.69, 9.17) is 4.74 Å². The number of benzene rings is 2. The lowest BCUT2D eigenvalue weighted by atomic mass is 10.1. The van der Waals surface area contributed by atoms with Crippen molar-refractivity contribution < 1.29 is 14.5 Å². The molecular formula is C17H18N2O4. The standard InChI is InChI=1S/C17H18N2O4/c1-2-23-17(20)18(12-14-8-4-3-5-9-14)13-15-10-6-7-11-16(15)19(21)22/h3-11H,2,12-13H2,1H3. The third-order valence-corrected chi connectivity index (χ3v) is 3.29. The van der Waals surface area contributed by atoms with Crippen LogP contribution in [-0.2, 0) is 17.8 Å². The maximum absolute atomic E-state index is 12.2. The first-order valence-electron chi connectivity index (χ1n) is 7.29. The maximum atomic E-state index is 12.2. The average Bonchev–Trinajstić information content (AvgIpc) is 2.55. The molecule has 0 heterocycles. The zero-order valence-corrected chi connectivity index (χ0v) is 12.8. The summed E-state index contributed by atoms with van der Waals surface area (Å²) in [5.41, 5.74) is 1.40. The highest BCUT2D eigenvalue weighted by Gasteiger charge is 2.20. The summed E-state index contributed by atoms with van der Waals surface area (Å²) in [6, 6.07) is 15.8. The molecular weight excluding hydrogens is 296 g/mol. The highest BCUT2D eigenvalue weighted by molar-refractivity contribution is 5.68. The third-order valence-electron chi connectivity index (χ3n) is 3.29. The lowest BCUT2D eigenvalue weighted by Crippen LogP contribution is -2.31. The highest BCUT2D eigenvalue weighted by atomic mass is 16.6. The molecule has 2 aromatic carbocycles. The molecule has 6 nitrogen and oxygen atoms in total. The average molecular weight is 314 g/mol. The minimum absolute atomic E-state index is 0.00476. The Bertz CT molecular complexity index is 673. The molecule has 6 heteroatoms. The van der Waals surface area contributed by atoms with Crippen LogP contribution in [0.25, 0.3) is 0 Å². The zero-order chi connectivity index (χ0) is 16.7. The number of hydrogen-bond acceptors (Lipinski definition) is 4. The van der Waals surface area contributed by atoms with Gasteiger partial charge in [-0.3, -0.25) is 15.0 Å². The van der Waals surface area contributed by atoms with Crippen molar-refractivity contribution in [1.29, 1.82) is 0 Å². The lowest BCUT2D eigenvalue weighted by molar-refractivity contribution is -0.385. The number of ether oxygens (including phenoxy) is 1. The molecule has 0 atom stereocenters. The van der Waals surface area contributed by atoms with Crippen LogP contribution in [0, 0.1) is 10.1 Å². The van der Waals surface area contributed by atoms with Gasteiger partial charge in [0.1, 0.15) is 0 Å². The third kappa shape index (κ3) is 4.54. The van der Waals surface area contributed by atoms with Crippen LogP contribution in [-0.4, -0.2) is 22.5 Å². The molecule has 0 unspecified atom stereocenters. The van der Waals surface area contributed by atoms with Crippen LogP contribution >= 0.6 is 0 Å². The van der Waals surface area contributed by atoms with Crippen molar-refractivity contribution in [2.24, 2.45) is 0 Å². The van der Waals surface area contributed by atoms with Gasteiger partial charge in [0.2, 0.25) is 0 Å². The summed E-state index contributed by atoms with van der Waals surface area (Å²) < 4.78 is 5.07. The predicted octanol–water partition coefficient (Wildman–Crippen LogP) is 3.75. The zero-order valence-electron chi connectivity index (χ0n) is 12.8. The van der Waals surface area contributed by atoms with Gasteiger partial charge in [0.05, 0.1) is 18.1 Å². The van der Waals surface area contributed by atoms with Gasteiger partial charge in [0, 0.05) is 18.2 Å². The highest BCUT2D eigenvalue weighted by Crippen LogP contribution is 2.21. The molecule has 0 spiro atoms. The van der Waals surface area contributed by atoms with Crippen molar-refractivity contribution in [2.75, 3.05) is 6.61 Å². The van der Waals surface area contributed by atoms with E-state index in [1.54, 1.807) is 25.1 Å². The van der Waals surface area contributed by atoms with Crippen LogP contribution in [0.2, 0.25) is 0 Å². The number of carbonyl (C=O) groups excluding carboxylic acids is 1. The van der Waals surface area contributed by atoms with Gasteiger partial charge < -0.3 is 4.74 Å². The largest absolute Gasteiger partial charge is 0.450 e. The van der Waals surface area contributed by atoms with E-state index in [1.807, 2.05) is 30.3 Å². The second-order valence-corrected chi connectivity index (χ2v) is 4.93. The van der Waals surface area contributed by atoms with Gasteiger partial charge in [0.25, 0.3) is 5.69 Å². The lowest BCUT2D eigenvalue weighted by Gasteiger charge is -2.22. The van der Waals surface area contributed by atoms with Gasteiger partial charge in [-0.05, 0) is 12.5 Å². The number of para-hydroxylation sites is 1. The van der Waals surface area contributed by atoms with Crippen molar-refractivity contribution in [2.45, 2.75) is 20.0 Å². The first kappa shape index (κ1) is 16.5. The number of rotatable bonds is 6. The Balaban J connectivity index is 2.24. The molecule has 0 N–H and O–H groups in total. The van der Waals surface area contributed by atoms with E-state index in [-0.39, 0.29) is 18.8 Å². The Hall–Kier alpha value is -2.89. The molecule has 0 saturated heterocycles. The summed E-state index contributed by atoms with van der Waals surface area (Å²) in [6.45, 7) is 2.42. The molecule has 120 valence electrons. The van der Waals surface area contributed by atoms with Gasteiger partial charge in [-0.15, -0.1) is 0 Å². The van der Waals surface area contributed by atoms with Crippen molar-refractivity contribution in [3.8, 4) is 0 Å². The quantitative estimate of drug-likeness (QED) is 0.601. The second-order valence-electron chi connectivity index (χ2n) is 4.93. The minimum atomic E-state index is -0.491. The molecule has 23 heavy (non-hydrogen) atoms. The Morgan fingerprint density at radius 1 is 1.09 bits per heavy atom. The molecule has 1 amide bonds. The SMILES string of the molecule is CCOC(=O)N(Cc1ccccc1)Cc1ccccc1[N+](=O)[O-]. The Kier molecular flexibility index (Phi) is 5.68. The van der Waals surface area contributed by atoms with Crippen LogP contribution in [0.1, 0.15) is 18.1 Å². The number of hydrogen-bond donors (Lipinski definition) is 0. The number of nitrogens with zero attached hydrogens (tertiary/aromatic N) is 2. The molecule has 0 saturated carbocycles. The molecule has 0 aliphatic carbocycles. The van der Waals surface area contributed by atoms with E-state index in [9.17, 15) is 14.9 Å². The van der Waals surface area contributed by atoms with E-state index >= 15 is 0 Å². The van der Waals surface area contributed by atoms with Gasteiger partial charge in [-0.25, -0.2) is 4.79 Å². The number of nitro groups is 1. The molecule has 0 fully saturated rings.